The van der Waals surface area contributed by atoms with Gasteiger partial charge in [-0.2, -0.15) is 0 Å². The Labute approximate surface area is 89.1 Å². The molecule has 0 heterocycles. The predicted octanol–water partition coefficient (Wildman–Crippen LogP) is 3.50. The summed E-state index contributed by atoms with van der Waals surface area (Å²) >= 11 is 5.88. The average molecular weight is 209 g/mol. The average Bonchev–Trinajstić information content (AvgIpc) is 2.27. The van der Waals surface area contributed by atoms with E-state index in [1.165, 1.54) is 0 Å². The van der Waals surface area contributed by atoms with E-state index in [9.17, 15) is 4.79 Å². The number of aryl methyl sites for hydroxylation is 1. The Morgan fingerprint density at radius 3 is 3.00 bits per heavy atom. The Kier molecular flexibility index (Phi) is 2.60. The normalized spacial score (nSPS) is 21.6. The smallest absolute Gasteiger partial charge is 0.163 e. The molecular formula is C12H13ClO. The van der Waals surface area contributed by atoms with Crippen LogP contribution in [0.4, 0.5) is 0 Å². The van der Waals surface area contributed by atoms with E-state index in [0.29, 0.717) is 17.4 Å². The Balaban J connectivity index is 2.44. The first-order chi connectivity index (χ1) is 6.66. The molecule has 1 atom stereocenters. The first kappa shape index (κ1) is 9.72. The lowest BCUT2D eigenvalue weighted by Crippen LogP contribution is -2.03. The van der Waals surface area contributed by atoms with Crippen LogP contribution in [-0.2, 0) is 6.42 Å². The number of carbonyl (C=O) groups excluding carboxylic acids is 1. The second kappa shape index (κ2) is 3.74. The molecule has 0 aliphatic heterocycles. The van der Waals surface area contributed by atoms with Gasteiger partial charge in [0, 0.05) is 17.0 Å². The van der Waals surface area contributed by atoms with Gasteiger partial charge < -0.3 is 0 Å². The molecule has 2 heteroatoms. The van der Waals surface area contributed by atoms with Gasteiger partial charge in [-0.25, -0.2) is 0 Å². The second-order valence-electron chi connectivity index (χ2n) is 4.07. The molecule has 0 amide bonds. The van der Waals surface area contributed by atoms with Crippen molar-refractivity contribution in [3.05, 3.63) is 34.3 Å². The highest BCUT2D eigenvalue weighted by Crippen LogP contribution is 2.26. The number of halogens is 1. The van der Waals surface area contributed by atoms with Crippen molar-refractivity contribution in [3.63, 3.8) is 0 Å². The van der Waals surface area contributed by atoms with Gasteiger partial charge in [-0.15, -0.1) is 0 Å². The van der Waals surface area contributed by atoms with Crippen LogP contribution in [0.1, 0.15) is 35.7 Å². The summed E-state index contributed by atoms with van der Waals surface area (Å²) < 4.78 is 0. The van der Waals surface area contributed by atoms with Crippen molar-refractivity contribution in [1.29, 1.82) is 0 Å². The summed E-state index contributed by atoms with van der Waals surface area (Å²) in [5.41, 5.74) is 1.99. The number of Topliss-reactive ketones (excluding diaryl/α,β-unsaturated/α-hetero) is 1. The maximum atomic E-state index is 11.8. The standard InChI is InChI=1S/C12H13ClO/c1-8-2-3-9-4-5-10(13)7-11(9)12(14)6-8/h4-5,7-8H,2-3,6H2,1H3. The molecule has 0 aromatic heterocycles. The number of hydrogen-bond acceptors (Lipinski definition) is 1. The number of fused-ring (bicyclic) bond motifs is 1. The van der Waals surface area contributed by atoms with Crippen LogP contribution in [-0.4, -0.2) is 5.78 Å². The number of hydrogen-bond donors (Lipinski definition) is 0. The van der Waals surface area contributed by atoms with Crippen molar-refractivity contribution in [1.82, 2.24) is 0 Å². The van der Waals surface area contributed by atoms with Crippen LogP contribution in [0.15, 0.2) is 18.2 Å². The monoisotopic (exact) mass is 208 g/mol. The van der Waals surface area contributed by atoms with Gasteiger partial charge in [0.2, 0.25) is 0 Å². The van der Waals surface area contributed by atoms with E-state index in [-0.39, 0.29) is 5.78 Å². The third kappa shape index (κ3) is 1.83. The summed E-state index contributed by atoms with van der Waals surface area (Å²) in [7, 11) is 0. The highest BCUT2D eigenvalue weighted by atomic mass is 35.5. The first-order valence-corrected chi connectivity index (χ1v) is 5.36. The summed E-state index contributed by atoms with van der Waals surface area (Å²) in [6, 6.07) is 5.65. The minimum atomic E-state index is 0.243. The summed E-state index contributed by atoms with van der Waals surface area (Å²) in [6.07, 6.45) is 2.76. The second-order valence-corrected chi connectivity index (χ2v) is 4.51. The maximum absolute atomic E-state index is 11.8. The molecule has 74 valence electrons. The van der Waals surface area contributed by atoms with Crippen LogP contribution in [0.2, 0.25) is 5.02 Å². The molecule has 1 aliphatic carbocycles. The fourth-order valence-electron chi connectivity index (χ4n) is 1.96. The summed E-state index contributed by atoms with van der Waals surface area (Å²) in [6.45, 7) is 2.13. The minimum absolute atomic E-state index is 0.243. The Hall–Kier alpha value is -0.820. The molecule has 0 radical (unpaired) electrons. The van der Waals surface area contributed by atoms with Crippen LogP contribution in [0.3, 0.4) is 0 Å². The fraction of sp³-hybridized carbons (Fsp3) is 0.417. The van der Waals surface area contributed by atoms with Crippen LogP contribution >= 0.6 is 11.6 Å². The topological polar surface area (TPSA) is 17.1 Å². The van der Waals surface area contributed by atoms with Gasteiger partial charge >= 0.3 is 0 Å². The molecular weight excluding hydrogens is 196 g/mol. The molecule has 0 saturated carbocycles. The van der Waals surface area contributed by atoms with E-state index in [1.54, 1.807) is 6.07 Å². The molecule has 1 aromatic rings. The van der Waals surface area contributed by atoms with Crippen molar-refractivity contribution in [2.45, 2.75) is 26.2 Å². The van der Waals surface area contributed by atoms with Crippen molar-refractivity contribution in [2.24, 2.45) is 5.92 Å². The number of carbonyl (C=O) groups is 1. The molecule has 0 bridgehead atoms. The van der Waals surface area contributed by atoms with Crippen LogP contribution in [0, 0.1) is 5.92 Å². The summed E-state index contributed by atoms with van der Waals surface area (Å²) in [5.74, 6) is 0.737. The molecule has 1 nitrogen and oxygen atoms in total. The van der Waals surface area contributed by atoms with E-state index in [2.05, 4.69) is 6.92 Å². The number of rotatable bonds is 0. The molecule has 0 fully saturated rings. The van der Waals surface area contributed by atoms with Gasteiger partial charge in [0.1, 0.15) is 0 Å². The van der Waals surface area contributed by atoms with Crippen molar-refractivity contribution in [3.8, 4) is 0 Å². The van der Waals surface area contributed by atoms with E-state index in [0.717, 1.165) is 24.0 Å². The Morgan fingerprint density at radius 1 is 1.43 bits per heavy atom. The Bertz CT molecular complexity index is 371. The van der Waals surface area contributed by atoms with E-state index >= 15 is 0 Å². The maximum Gasteiger partial charge on any atom is 0.163 e. The number of benzene rings is 1. The zero-order valence-corrected chi connectivity index (χ0v) is 8.97. The molecule has 2 rings (SSSR count). The van der Waals surface area contributed by atoms with Crippen molar-refractivity contribution < 1.29 is 4.79 Å². The van der Waals surface area contributed by atoms with Gasteiger partial charge in [-0.05, 0) is 36.5 Å². The molecule has 0 saturated heterocycles. The largest absolute Gasteiger partial charge is 0.294 e. The lowest BCUT2D eigenvalue weighted by molar-refractivity contribution is 0.0967. The zero-order valence-electron chi connectivity index (χ0n) is 8.22. The van der Waals surface area contributed by atoms with Crippen molar-refractivity contribution >= 4 is 17.4 Å². The molecule has 14 heavy (non-hydrogen) atoms. The lowest BCUT2D eigenvalue weighted by Gasteiger charge is -2.03. The molecule has 0 N–H and O–H groups in total. The third-order valence-corrected chi connectivity index (χ3v) is 3.05. The van der Waals surface area contributed by atoms with E-state index in [4.69, 9.17) is 11.6 Å². The third-order valence-electron chi connectivity index (χ3n) is 2.81. The van der Waals surface area contributed by atoms with E-state index in [1.807, 2.05) is 12.1 Å². The van der Waals surface area contributed by atoms with Gasteiger partial charge in [0.25, 0.3) is 0 Å². The summed E-state index contributed by atoms with van der Waals surface area (Å²) in [4.78, 5) is 11.8. The molecule has 0 spiro atoms. The highest BCUT2D eigenvalue weighted by Gasteiger charge is 2.19. The molecule has 1 aromatic carbocycles. The SMILES string of the molecule is CC1CCc2ccc(Cl)cc2C(=O)C1. The van der Waals surface area contributed by atoms with Gasteiger partial charge in [0.15, 0.2) is 5.78 Å². The first-order valence-electron chi connectivity index (χ1n) is 4.98. The van der Waals surface area contributed by atoms with E-state index < -0.39 is 0 Å². The quantitative estimate of drug-likeness (QED) is 0.597. The van der Waals surface area contributed by atoms with Gasteiger partial charge in [0.05, 0.1) is 0 Å². The molecule has 1 unspecified atom stereocenters. The number of ketones is 1. The van der Waals surface area contributed by atoms with Gasteiger partial charge in [-0.3, -0.25) is 4.79 Å². The molecule has 1 aliphatic rings. The fourth-order valence-corrected chi connectivity index (χ4v) is 2.13. The Morgan fingerprint density at radius 2 is 2.21 bits per heavy atom. The van der Waals surface area contributed by atoms with Crippen molar-refractivity contribution in [2.75, 3.05) is 0 Å². The zero-order chi connectivity index (χ0) is 10.1. The van der Waals surface area contributed by atoms with Crippen LogP contribution in [0.25, 0.3) is 0 Å². The highest BCUT2D eigenvalue weighted by molar-refractivity contribution is 6.31. The van der Waals surface area contributed by atoms with Crippen LogP contribution < -0.4 is 0 Å². The lowest BCUT2D eigenvalue weighted by atomic mass is 10.0. The summed E-state index contributed by atoms with van der Waals surface area (Å²) in [5, 5.41) is 0.659. The predicted molar refractivity (Wildman–Crippen MR) is 57.9 cm³/mol. The van der Waals surface area contributed by atoms with Crippen LogP contribution in [0.5, 0.6) is 0 Å². The minimum Gasteiger partial charge on any atom is -0.294 e. The van der Waals surface area contributed by atoms with Gasteiger partial charge in [-0.1, -0.05) is 24.6 Å².